The Labute approximate surface area is 150 Å². The summed E-state index contributed by atoms with van der Waals surface area (Å²) in [5.74, 6) is -1.08. The summed E-state index contributed by atoms with van der Waals surface area (Å²) in [6.07, 6.45) is -4.40. The maximum atomic E-state index is 13.1. The van der Waals surface area contributed by atoms with Gasteiger partial charge in [-0.2, -0.15) is 13.2 Å². The number of halogens is 3. The second-order valence-electron chi connectivity index (χ2n) is 5.43. The first-order chi connectivity index (χ1) is 12.3. The molecule has 134 valence electrons. The molecule has 0 saturated carbocycles. The number of carboxylic acids is 1. The number of hydrogen-bond donors (Lipinski definition) is 1. The summed E-state index contributed by atoms with van der Waals surface area (Å²) in [5, 5.41) is 10.5. The van der Waals surface area contributed by atoms with E-state index in [1.807, 2.05) is 0 Å². The van der Waals surface area contributed by atoms with Crippen molar-refractivity contribution in [3.8, 4) is 11.3 Å². The van der Waals surface area contributed by atoms with Gasteiger partial charge in [0.25, 0.3) is 0 Å². The SMILES string of the molecule is O=C(O)c1ccc(/N=c2\scc(-c3ccccc3)n2CC(F)(F)F)cc1. The van der Waals surface area contributed by atoms with Crippen molar-refractivity contribution in [1.29, 1.82) is 0 Å². The molecule has 26 heavy (non-hydrogen) atoms. The molecule has 2 aromatic carbocycles. The molecular formula is C18H13F3N2O2S. The van der Waals surface area contributed by atoms with Crippen LogP contribution >= 0.6 is 11.3 Å². The van der Waals surface area contributed by atoms with Crippen LogP contribution in [-0.2, 0) is 6.54 Å². The lowest BCUT2D eigenvalue weighted by molar-refractivity contribution is -0.140. The summed E-state index contributed by atoms with van der Waals surface area (Å²) in [6.45, 7) is -1.16. The number of nitrogens with zero attached hydrogens (tertiary/aromatic N) is 2. The number of thiazole rings is 1. The highest BCUT2D eigenvalue weighted by atomic mass is 32.1. The molecule has 0 spiro atoms. The first-order valence-electron chi connectivity index (χ1n) is 7.52. The number of benzene rings is 2. The van der Waals surface area contributed by atoms with Crippen LogP contribution in [0.5, 0.6) is 0 Å². The number of aromatic carboxylic acids is 1. The maximum absolute atomic E-state index is 13.1. The van der Waals surface area contributed by atoms with Gasteiger partial charge >= 0.3 is 12.1 Å². The molecule has 0 aliphatic rings. The van der Waals surface area contributed by atoms with Crippen LogP contribution in [0.4, 0.5) is 18.9 Å². The third kappa shape index (κ3) is 4.20. The lowest BCUT2D eigenvalue weighted by Crippen LogP contribution is -2.25. The smallest absolute Gasteiger partial charge is 0.406 e. The van der Waals surface area contributed by atoms with Gasteiger partial charge in [-0.25, -0.2) is 9.79 Å². The van der Waals surface area contributed by atoms with Crippen LogP contribution in [0.1, 0.15) is 10.4 Å². The average Bonchev–Trinajstić information content (AvgIpc) is 2.97. The first-order valence-corrected chi connectivity index (χ1v) is 8.40. The van der Waals surface area contributed by atoms with Crippen molar-refractivity contribution in [2.75, 3.05) is 0 Å². The Hall–Kier alpha value is -2.87. The van der Waals surface area contributed by atoms with Crippen LogP contribution in [0, 0.1) is 0 Å². The Kier molecular flexibility index (Phi) is 4.94. The van der Waals surface area contributed by atoms with Crippen LogP contribution in [0.15, 0.2) is 65.0 Å². The standard InChI is InChI=1S/C18H13F3N2O2S/c19-18(20,21)11-23-15(12-4-2-1-3-5-12)10-26-17(23)22-14-8-6-13(7-9-14)16(24)25/h1-10H,11H2,(H,24,25)/b22-17-. The number of hydrogen-bond acceptors (Lipinski definition) is 3. The minimum Gasteiger partial charge on any atom is -0.478 e. The fourth-order valence-corrected chi connectivity index (χ4v) is 3.31. The van der Waals surface area contributed by atoms with Gasteiger partial charge in [0, 0.05) is 5.38 Å². The van der Waals surface area contributed by atoms with E-state index in [4.69, 9.17) is 5.11 Å². The van der Waals surface area contributed by atoms with Crippen molar-refractivity contribution in [2.24, 2.45) is 4.99 Å². The van der Waals surface area contributed by atoms with E-state index in [0.29, 0.717) is 16.9 Å². The molecule has 0 amide bonds. The van der Waals surface area contributed by atoms with E-state index in [1.54, 1.807) is 35.7 Å². The zero-order chi connectivity index (χ0) is 18.7. The van der Waals surface area contributed by atoms with E-state index >= 15 is 0 Å². The highest BCUT2D eigenvalue weighted by molar-refractivity contribution is 7.07. The molecule has 3 aromatic rings. The zero-order valence-corrected chi connectivity index (χ0v) is 14.1. The molecule has 0 saturated heterocycles. The predicted octanol–water partition coefficient (Wildman–Crippen LogP) is 4.71. The predicted molar refractivity (Wildman–Crippen MR) is 92.4 cm³/mol. The molecule has 8 heteroatoms. The van der Waals surface area contributed by atoms with E-state index in [-0.39, 0.29) is 10.4 Å². The summed E-state index contributed by atoms with van der Waals surface area (Å²) in [6, 6.07) is 14.4. The Morgan fingerprint density at radius 1 is 1.08 bits per heavy atom. The quantitative estimate of drug-likeness (QED) is 0.715. The van der Waals surface area contributed by atoms with Crippen molar-refractivity contribution in [2.45, 2.75) is 12.7 Å². The van der Waals surface area contributed by atoms with Crippen molar-refractivity contribution >= 4 is 23.0 Å². The lowest BCUT2D eigenvalue weighted by atomic mass is 10.2. The van der Waals surface area contributed by atoms with Gasteiger partial charge in [0.15, 0.2) is 4.80 Å². The van der Waals surface area contributed by atoms with Crippen LogP contribution in [0.25, 0.3) is 11.3 Å². The number of rotatable bonds is 4. The lowest BCUT2D eigenvalue weighted by Gasteiger charge is -2.11. The van der Waals surface area contributed by atoms with Gasteiger partial charge in [0.2, 0.25) is 0 Å². The third-order valence-corrected chi connectivity index (χ3v) is 4.41. The Bertz CT molecular complexity index is 974. The third-order valence-electron chi connectivity index (χ3n) is 3.54. The molecule has 1 heterocycles. The first kappa shape index (κ1) is 17.9. The van der Waals surface area contributed by atoms with Gasteiger partial charge in [-0.1, -0.05) is 30.3 Å². The molecule has 0 aliphatic heterocycles. The topological polar surface area (TPSA) is 54.6 Å². The molecule has 0 fully saturated rings. The molecule has 3 rings (SSSR count). The van der Waals surface area contributed by atoms with Gasteiger partial charge in [-0.3, -0.25) is 0 Å². The van der Waals surface area contributed by atoms with Gasteiger partial charge < -0.3 is 9.67 Å². The minimum atomic E-state index is -4.40. The second kappa shape index (κ2) is 7.17. The molecule has 1 aromatic heterocycles. The van der Waals surface area contributed by atoms with E-state index in [9.17, 15) is 18.0 Å². The Morgan fingerprint density at radius 2 is 1.73 bits per heavy atom. The molecule has 0 unspecified atom stereocenters. The van der Waals surface area contributed by atoms with Crippen LogP contribution in [0.2, 0.25) is 0 Å². The highest BCUT2D eigenvalue weighted by Crippen LogP contribution is 2.25. The monoisotopic (exact) mass is 378 g/mol. The molecule has 4 nitrogen and oxygen atoms in total. The summed E-state index contributed by atoms with van der Waals surface area (Å²) in [5.41, 5.74) is 1.56. The zero-order valence-electron chi connectivity index (χ0n) is 13.3. The molecular weight excluding hydrogens is 365 g/mol. The largest absolute Gasteiger partial charge is 0.478 e. The van der Waals surface area contributed by atoms with Crippen molar-refractivity contribution < 1.29 is 23.1 Å². The van der Waals surface area contributed by atoms with Crippen molar-refractivity contribution in [3.05, 3.63) is 70.3 Å². The molecule has 0 radical (unpaired) electrons. The maximum Gasteiger partial charge on any atom is 0.406 e. The number of carbonyl (C=O) groups is 1. The number of alkyl halides is 3. The fourth-order valence-electron chi connectivity index (χ4n) is 2.38. The second-order valence-corrected chi connectivity index (χ2v) is 6.27. The van der Waals surface area contributed by atoms with E-state index in [1.165, 1.54) is 24.3 Å². The van der Waals surface area contributed by atoms with E-state index in [2.05, 4.69) is 4.99 Å². The van der Waals surface area contributed by atoms with E-state index in [0.717, 1.165) is 15.9 Å². The van der Waals surface area contributed by atoms with Crippen LogP contribution in [0.3, 0.4) is 0 Å². The highest BCUT2D eigenvalue weighted by Gasteiger charge is 2.29. The van der Waals surface area contributed by atoms with Crippen LogP contribution < -0.4 is 4.80 Å². The summed E-state index contributed by atoms with van der Waals surface area (Å²) in [7, 11) is 0. The van der Waals surface area contributed by atoms with Gasteiger partial charge in [-0.05, 0) is 29.8 Å². The van der Waals surface area contributed by atoms with Gasteiger partial charge in [0.05, 0.1) is 16.9 Å². The molecule has 1 N–H and O–H groups in total. The molecule has 0 atom stereocenters. The minimum absolute atomic E-state index is 0.0864. The normalized spacial score (nSPS) is 12.3. The summed E-state index contributed by atoms with van der Waals surface area (Å²) >= 11 is 1.10. The van der Waals surface area contributed by atoms with Crippen LogP contribution in [-0.4, -0.2) is 21.8 Å². The van der Waals surface area contributed by atoms with Crippen molar-refractivity contribution in [3.63, 3.8) is 0 Å². The van der Waals surface area contributed by atoms with Crippen molar-refractivity contribution in [1.82, 2.24) is 4.57 Å². The van der Waals surface area contributed by atoms with Gasteiger partial charge in [0.1, 0.15) is 6.54 Å². The molecule has 0 bridgehead atoms. The fraction of sp³-hybridized carbons (Fsp3) is 0.111. The Balaban J connectivity index is 2.09. The van der Waals surface area contributed by atoms with Gasteiger partial charge in [-0.15, -0.1) is 11.3 Å². The average molecular weight is 378 g/mol. The number of carboxylic acid groups (broad SMARTS) is 1. The Morgan fingerprint density at radius 3 is 2.31 bits per heavy atom. The molecule has 0 aliphatic carbocycles. The van der Waals surface area contributed by atoms with E-state index < -0.39 is 18.7 Å². The summed E-state index contributed by atoms with van der Waals surface area (Å²) in [4.78, 5) is 15.3. The summed E-state index contributed by atoms with van der Waals surface area (Å²) < 4.78 is 40.3. The number of aromatic nitrogens is 1.